The van der Waals surface area contributed by atoms with Gasteiger partial charge in [-0.15, -0.1) is 0 Å². The van der Waals surface area contributed by atoms with E-state index >= 15 is 0 Å². The summed E-state index contributed by atoms with van der Waals surface area (Å²) < 4.78 is 0. The minimum Gasteiger partial charge on any atom is -0.480 e. The third kappa shape index (κ3) is 24.4. The van der Waals surface area contributed by atoms with Crippen molar-refractivity contribution in [3.05, 3.63) is 0 Å². The fourth-order valence-corrected chi connectivity index (χ4v) is 7.53. The number of nitrogens with one attached hydrogen (secondary N) is 2. The average Bonchev–Trinajstić information content (AvgIpc) is 3.18. The molecule has 26 heteroatoms. The summed E-state index contributed by atoms with van der Waals surface area (Å²) in [5, 5.41) is 82.8. The van der Waals surface area contributed by atoms with Crippen molar-refractivity contribution < 1.29 is 79.2 Å². The van der Waals surface area contributed by atoms with Crippen LogP contribution in [0.1, 0.15) is 12.8 Å². The van der Waals surface area contributed by atoms with Gasteiger partial charge in [-0.05, 0) is 12.8 Å². The summed E-state index contributed by atoms with van der Waals surface area (Å²) in [7, 11) is 0. The first-order valence-corrected chi connectivity index (χ1v) is 21.2. The Kier molecular flexibility index (Phi) is 25.8. The van der Waals surface area contributed by atoms with Gasteiger partial charge < -0.3 is 51.5 Å². The number of aliphatic carboxylic acids is 6. The normalized spacial score (nSPS) is 19.0. The van der Waals surface area contributed by atoms with Crippen LogP contribution in [0.3, 0.4) is 0 Å². The van der Waals surface area contributed by atoms with E-state index in [9.17, 15) is 79.2 Å². The van der Waals surface area contributed by atoms with Crippen LogP contribution in [0.2, 0.25) is 0 Å². The highest BCUT2D eigenvalue weighted by Gasteiger charge is 2.33. The van der Waals surface area contributed by atoms with Crippen LogP contribution in [0.4, 0.5) is 0 Å². The maximum Gasteiger partial charge on any atom is 0.317 e. The van der Waals surface area contributed by atoms with Crippen LogP contribution >= 0.6 is 0 Å². The van der Waals surface area contributed by atoms with Gasteiger partial charge in [-0.2, -0.15) is 0 Å². The minimum absolute atomic E-state index is 0.0812. The fourth-order valence-electron chi connectivity index (χ4n) is 7.53. The van der Waals surface area contributed by atoms with E-state index in [1.54, 1.807) is 39.2 Å². The molecule has 0 radical (unpaired) electrons. The van der Waals surface area contributed by atoms with Crippen LogP contribution in [0, 0.1) is 0 Å². The highest BCUT2D eigenvalue weighted by Crippen LogP contribution is 2.15. The van der Waals surface area contributed by atoms with Crippen molar-refractivity contribution in [2.75, 3.05) is 177 Å². The monoisotopic (exact) mass is 920 g/mol. The lowest BCUT2D eigenvalue weighted by molar-refractivity contribution is -0.140. The predicted molar refractivity (Wildman–Crippen MR) is 225 cm³/mol. The lowest BCUT2D eigenvalue weighted by Gasteiger charge is -2.36. The molecule has 64 heavy (non-hydrogen) atoms. The van der Waals surface area contributed by atoms with Crippen LogP contribution < -0.4 is 10.6 Å². The number of aliphatic hydroxyl groups excluding tert-OH is 2. The largest absolute Gasteiger partial charge is 0.480 e. The summed E-state index contributed by atoms with van der Waals surface area (Å²) in [6, 6.07) is 0. The quantitative estimate of drug-likeness (QED) is 0.0456. The van der Waals surface area contributed by atoms with Crippen LogP contribution in [-0.2, 0) is 38.4 Å². The van der Waals surface area contributed by atoms with Crippen molar-refractivity contribution >= 4 is 47.6 Å². The van der Waals surface area contributed by atoms with E-state index in [0.717, 1.165) is 0 Å². The van der Waals surface area contributed by atoms with Gasteiger partial charge in [0.1, 0.15) is 0 Å². The number of amides is 2. The van der Waals surface area contributed by atoms with Gasteiger partial charge >= 0.3 is 35.8 Å². The van der Waals surface area contributed by atoms with Crippen molar-refractivity contribution in [3.63, 3.8) is 0 Å². The predicted octanol–water partition coefficient (Wildman–Crippen LogP) is -6.33. The Morgan fingerprint density at radius 1 is 0.344 bits per heavy atom. The van der Waals surface area contributed by atoms with Gasteiger partial charge in [-0.25, -0.2) is 0 Å². The van der Waals surface area contributed by atoms with Crippen molar-refractivity contribution in [2.24, 2.45) is 0 Å². The maximum atomic E-state index is 13.8. The fraction of sp³-hybridized carbons (Fsp3) is 0.789. The average molecular weight is 921 g/mol. The molecule has 0 aromatic heterocycles. The van der Waals surface area contributed by atoms with E-state index in [1.165, 1.54) is 0 Å². The van der Waals surface area contributed by atoms with E-state index in [4.69, 9.17) is 0 Å². The second-order valence-corrected chi connectivity index (χ2v) is 16.1. The Bertz CT molecular complexity index is 1460. The molecule has 2 aliphatic heterocycles. The molecular formula is C38H68N10O16. The molecule has 10 N–H and O–H groups in total. The SMILES string of the molecule is O=C(O)CN1CCN(CC(=O)O)CCN(CC(=O)NCC(CCO)(CCO)NC(=O)CN2CCN(CC(=O)O)CCN(CC(=O)O)CCN(CC(=O)O)CC2)CCN(CC(=O)O)CC1. The lowest BCUT2D eigenvalue weighted by atomic mass is 9.91. The number of carbonyl (C=O) groups excluding carboxylic acids is 2. The van der Waals surface area contributed by atoms with Gasteiger partial charge in [0.15, 0.2) is 0 Å². The second kappa shape index (κ2) is 29.7. The van der Waals surface area contributed by atoms with Gasteiger partial charge in [0.25, 0.3) is 0 Å². The lowest BCUT2D eigenvalue weighted by Crippen LogP contribution is -2.59. The molecule has 26 nitrogen and oxygen atoms in total. The molecule has 0 spiro atoms. The van der Waals surface area contributed by atoms with E-state index in [1.807, 2.05) is 0 Å². The molecule has 2 heterocycles. The summed E-state index contributed by atoms with van der Waals surface area (Å²) >= 11 is 0. The maximum absolute atomic E-state index is 13.8. The number of hydrogen-bond acceptors (Lipinski definition) is 18. The zero-order valence-corrected chi connectivity index (χ0v) is 36.4. The van der Waals surface area contributed by atoms with Gasteiger partial charge in [0, 0.05) is 124 Å². The minimum atomic E-state index is -1.35. The second-order valence-electron chi connectivity index (χ2n) is 16.1. The molecule has 0 atom stereocenters. The first-order chi connectivity index (χ1) is 30.3. The Morgan fingerprint density at radius 3 is 0.750 bits per heavy atom. The summed E-state index contributed by atoms with van der Waals surface area (Å²) in [6.07, 6.45) is -0.162. The van der Waals surface area contributed by atoms with Gasteiger partial charge in [0.2, 0.25) is 11.8 Å². The van der Waals surface area contributed by atoms with Crippen LogP contribution in [0.15, 0.2) is 0 Å². The van der Waals surface area contributed by atoms with Crippen molar-refractivity contribution in [3.8, 4) is 0 Å². The van der Waals surface area contributed by atoms with Crippen molar-refractivity contribution in [2.45, 2.75) is 18.4 Å². The molecule has 2 amide bonds. The number of carbonyl (C=O) groups is 8. The van der Waals surface area contributed by atoms with E-state index in [-0.39, 0.29) is 176 Å². The van der Waals surface area contributed by atoms with Crippen molar-refractivity contribution in [1.82, 2.24) is 49.8 Å². The standard InChI is InChI=1S/C38H68N10O16/c49-19-1-38(2-20-50,40-31(52)22-42-5-9-45(25-34(57)58)13-17-48(28-37(63)64)18-14-46(10-6-42)26-35(59)60)29-39-30(51)21-41-3-7-43(23-32(53)54)11-15-47(27-36(61)62)16-12-44(8-4-41)24-33(55)56/h49-50H,1-29H2,(H,39,51)(H,40,52)(H,53,54)(H,55,56)(H,57,58)(H,59,60)(H,61,62)(H,63,64). The molecule has 0 saturated carbocycles. The highest BCUT2D eigenvalue weighted by atomic mass is 16.4. The number of hydrogen-bond donors (Lipinski definition) is 10. The first-order valence-electron chi connectivity index (χ1n) is 21.2. The molecule has 0 bridgehead atoms. The van der Waals surface area contributed by atoms with Crippen LogP contribution in [0.25, 0.3) is 0 Å². The molecule has 2 fully saturated rings. The molecule has 2 aliphatic rings. The Hall–Kier alpha value is -4.64. The molecule has 0 aromatic rings. The molecule has 366 valence electrons. The highest BCUT2D eigenvalue weighted by molar-refractivity contribution is 5.80. The molecule has 0 unspecified atom stereocenters. The summed E-state index contributed by atoms with van der Waals surface area (Å²) in [5.41, 5.74) is -1.35. The number of carboxylic acids is 6. The van der Waals surface area contributed by atoms with Gasteiger partial charge in [-0.3, -0.25) is 77.6 Å². The number of aliphatic hydroxyl groups is 2. The summed E-state index contributed by atoms with van der Waals surface area (Å²) in [4.78, 5) is 110. The van der Waals surface area contributed by atoms with Crippen molar-refractivity contribution in [1.29, 1.82) is 0 Å². The van der Waals surface area contributed by atoms with Gasteiger partial charge in [-0.1, -0.05) is 0 Å². The third-order valence-electron chi connectivity index (χ3n) is 11.0. The summed E-state index contributed by atoms with van der Waals surface area (Å²) in [5.74, 6) is -7.68. The summed E-state index contributed by atoms with van der Waals surface area (Å²) in [6.45, 7) is -0.761. The zero-order valence-electron chi connectivity index (χ0n) is 36.4. The third-order valence-corrected chi connectivity index (χ3v) is 11.0. The molecule has 0 aliphatic carbocycles. The molecular weight excluding hydrogens is 852 g/mol. The van der Waals surface area contributed by atoms with Crippen LogP contribution in [-0.4, -0.2) is 310 Å². The van der Waals surface area contributed by atoms with Gasteiger partial charge in [0.05, 0.1) is 57.9 Å². The Balaban J connectivity index is 2.25. The Labute approximate surface area is 371 Å². The van der Waals surface area contributed by atoms with Crippen LogP contribution in [0.5, 0.6) is 0 Å². The van der Waals surface area contributed by atoms with E-state index < -0.39 is 66.4 Å². The van der Waals surface area contributed by atoms with E-state index in [0.29, 0.717) is 0 Å². The Morgan fingerprint density at radius 2 is 0.547 bits per heavy atom. The molecule has 2 saturated heterocycles. The molecule has 2 rings (SSSR count). The first kappa shape index (κ1) is 55.5. The molecule has 0 aromatic carbocycles. The zero-order chi connectivity index (χ0) is 47.7. The number of rotatable bonds is 23. The number of nitrogens with zero attached hydrogens (tertiary/aromatic N) is 8. The smallest absolute Gasteiger partial charge is 0.317 e. The van der Waals surface area contributed by atoms with E-state index in [2.05, 4.69) is 10.6 Å². The topological polar surface area (TPSA) is 348 Å². The number of carboxylic acid groups (broad SMARTS) is 6.